The van der Waals surface area contributed by atoms with Gasteiger partial charge in [-0.2, -0.15) is 0 Å². The lowest BCUT2D eigenvalue weighted by atomic mass is 10.1. The third-order valence-electron chi connectivity index (χ3n) is 4.12. The number of aromatic nitrogens is 3. The molecule has 1 aromatic carbocycles. The van der Waals surface area contributed by atoms with E-state index in [0.717, 1.165) is 28.0 Å². The van der Waals surface area contributed by atoms with Crippen LogP contribution in [0.3, 0.4) is 0 Å². The van der Waals surface area contributed by atoms with Crippen molar-refractivity contribution in [2.75, 3.05) is 12.8 Å². The van der Waals surface area contributed by atoms with Gasteiger partial charge in [-0.25, -0.2) is 0 Å². The lowest BCUT2D eigenvalue weighted by Gasteiger charge is -2.16. The lowest BCUT2D eigenvalue weighted by molar-refractivity contribution is -0.127. The van der Waals surface area contributed by atoms with Crippen LogP contribution in [0.2, 0.25) is 0 Å². The minimum Gasteiger partial charge on any atom is -0.467 e. The molecule has 0 spiro atoms. The normalized spacial score (nSPS) is 10.9. The van der Waals surface area contributed by atoms with Crippen molar-refractivity contribution < 1.29 is 9.21 Å². The van der Waals surface area contributed by atoms with E-state index in [1.54, 1.807) is 18.2 Å². The van der Waals surface area contributed by atoms with Crippen molar-refractivity contribution in [3.8, 4) is 5.69 Å². The number of benzene rings is 1. The molecule has 7 heteroatoms. The van der Waals surface area contributed by atoms with Gasteiger partial charge in [0.05, 0.1) is 24.2 Å². The molecule has 3 aromatic rings. The minimum atomic E-state index is 0.0135. The average Bonchev–Trinajstić information content (AvgIpc) is 3.24. The van der Waals surface area contributed by atoms with Crippen molar-refractivity contribution in [2.45, 2.75) is 32.5 Å². The minimum absolute atomic E-state index is 0.0135. The van der Waals surface area contributed by atoms with Gasteiger partial charge in [-0.05, 0) is 50.1 Å². The van der Waals surface area contributed by atoms with Gasteiger partial charge in [-0.3, -0.25) is 9.36 Å². The van der Waals surface area contributed by atoms with Crippen LogP contribution in [0.25, 0.3) is 5.69 Å². The highest BCUT2D eigenvalue weighted by Gasteiger charge is 2.17. The van der Waals surface area contributed by atoms with E-state index in [1.165, 1.54) is 17.3 Å². The summed E-state index contributed by atoms with van der Waals surface area (Å²) in [6.07, 6.45) is 1.61. The van der Waals surface area contributed by atoms with Gasteiger partial charge in [-0.1, -0.05) is 23.9 Å². The van der Waals surface area contributed by atoms with E-state index in [-0.39, 0.29) is 5.91 Å². The largest absolute Gasteiger partial charge is 0.467 e. The van der Waals surface area contributed by atoms with E-state index in [2.05, 4.69) is 42.2 Å². The van der Waals surface area contributed by atoms with Gasteiger partial charge in [-0.15, -0.1) is 10.2 Å². The summed E-state index contributed by atoms with van der Waals surface area (Å²) in [6, 6.07) is 9.95. The van der Waals surface area contributed by atoms with E-state index in [0.29, 0.717) is 12.3 Å². The van der Waals surface area contributed by atoms with Gasteiger partial charge < -0.3 is 9.32 Å². The Morgan fingerprint density at radius 3 is 2.77 bits per heavy atom. The molecule has 0 aliphatic heterocycles. The molecule has 0 N–H and O–H groups in total. The van der Waals surface area contributed by atoms with Crippen LogP contribution in [0.4, 0.5) is 0 Å². The molecule has 26 heavy (non-hydrogen) atoms. The van der Waals surface area contributed by atoms with Crippen molar-refractivity contribution >= 4 is 17.7 Å². The van der Waals surface area contributed by atoms with E-state index < -0.39 is 0 Å². The summed E-state index contributed by atoms with van der Waals surface area (Å²) < 4.78 is 7.30. The number of carbonyl (C=O) groups is 1. The summed E-state index contributed by atoms with van der Waals surface area (Å²) in [5, 5.41) is 9.17. The number of hydrogen-bond donors (Lipinski definition) is 0. The number of amides is 1. The molecule has 136 valence electrons. The number of furan rings is 1. The SMILES string of the molecule is Cc1ccc(C)c(-n2c(C)nnc2SCC(=O)N(C)Cc2ccco2)c1. The summed E-state index contributed by atoms with van der Waals surface area (Å²) >= 11 is 1.39. The number of nitrogens with zero attached hydrogens (tertiary/aromatic N) is 4. The van der Waals surface area contributed by atoms with Crippen molar-refractivity contribution in [3.63, 3.8) is 0 Å². The number of thioether (sulfide) groups is 1. The fourth-order valence-electron chi connectivity index (χ4n) is 2.64. The quantitative estimate of drug-likeness (QED) is 0.621. The van der Waals surface area contributed by atoms with Gasteiger partial charge in [0, 0.05) is 7.05 Å². The molecule has 0 saturated heterocycles. The molecule has 6 nitrogen and oxygen atoms in total. The molecule has 3 rings (SSSR count). The fourth-order valence-corrected chi connectivity index (χ4v) is 3.57. The first-order valence-corrected chi connectivity index (χ1v) is 9.33. The highest BCUT2D eigenvalue weighted by Crippen LogP contribution is 2.25. The van der Waals surface area contributed by atoms with Crippen LogP contribution in [0.5, 0.6) is 0 Å². The zero-order valence-electron chi connectivity index (χ0n) is 15.4. The Morgan fingerprint density at radius 1 is 1.23 bits per heavy atom. The number of aryl methyl sites for hydroxylation is 3. The molecular weight excluding hydrogens is 348 g/mol. The second kappa shape index (κ2) is 7.78. The number of hydrogen-bond acceptors (Lipinski definition) is 5. The van der Waals surface area contributed by atoms with E-state index >= 15 is 0 Å². The first-order chi connectivity index (χ1) is 12.5. The molecule has 2 heterocycles. The van der Waals surface area contributed by atoms with Crippen LogP contribution >= 0.6 is 11.8 Å². The molecule has 2 aromatic heterocycles. The Kier molecular flexibility index (Phi) is 5.46. The van der Waals surface area contributed by atoms with Crippen LogP contribution in [-0.4, -0.2) is 38.4 Å². The third kappa shape index (κ3) is 3.99. The Morgan fingerprint density at radius 2 is 2.04 bits per heavy atom. The molecule has 0 aliphatic carbocycles. The predicted molar refractivity (Wildman–Crippen MR) is 101 cm³/mol. The molecule has 0 fully saturated rings. The van der Waals surface area contributed by atoms with Gasteiger partial charge in [0.2, 0.25) is 5.91 Å². The second-order valence-corrected chi connectivity index (χ2v) is 7.22. The molecule has 0 radical (unpaired) electrons. The smallest absolute Gasteiger partial charge is 0.233 e. The monoisotopic (exact) mass is 370 g/mol. The van der Waals surface area contributed by atoms with Crippen molar-refractivity contribution in [2.24, 2.45) is 0 Å². The number of rotatable bonds is 6. The fraction of sp³-hybridized carbons (Fsp3) is 0.316. The van der Waals surface area contributed by atoms with Crippen LogP contribution in [0.15, 0.2) is 46.2 Å². The van der Waals surface area contributed by atoms with Gasteiger partial charge in [0.15, 0.2) is 5.16 Å². The van der Waals surface area contributed by atoms with Gasteiger partial charge >= 0.3 is 0 Å². The summed E-state index contributed by atoms with van der Waals surface area (Å²) in [5.41, 5.74) is 3.36. The Balaban J connectivity index is 1.73. The Hall–Kier alpha value is -2.54. The first-order valence-electron chi connectivity index (χ1n) is 8.34. The van der Waals surface area contributed by atoms with E-state index in [1.807, 2.05) is 23.6 Å². The first kappa shape index (κ1) is 18.3. The third-order valence-corrected chi connectivity index (χ3v) is 5.04. The van der Waals surface area contributed by atoms with Gasteiger partial charge in [0.1, 0.15) is 11.6 Å². The number of carbonyl (C=O) groups excluding carboxylic acids is 1. The average molecular weight is 370 g/mol. The molecule has 1 amide bonds. The van der Waals surface area contributed by atoms with Crippen LogP contribution < -0.4 is 0 Å². The molecular formula is C19H22N4O2S. The molecule has 0 saturated carbocycles. The maximum atomic E-state index is 12.4. The zero-order valence-corrected chi connectivity index (χ0v) is 16.2. The molecule has 0 atom stereocenters. The van der Waals surface area contributed by atoms with Crippen LogP contribution in [-0.2, 0) is 11.3 Å². The summed E-state index contributed by atoms with van der Waals surface area (Å²) in [6.45, 7) is 6.49. The van der Waals surface area contributed by atoms with Gasteiger partial charge in [0.25, 0.3) is 0 Å². The highest BCUT2D eigenvalue weighted by atomic mass is 32.2. The van der Waals surface area contributed by atoms with Crippen molar-refractivity contribution in [3.05, 3.63) is 59.3 Å². The zero-order chi connectivity index (χ0) is 18.7. The van der Waals surface area contributed by atoms with Crippen molar-refractivity contribution in [1.29, 1.82) is 0 Å². The maximum Gasteiger partial charge on any atom is 0.233 e. The summed E-state index contributed by atoms with van der Waals surface area (Å²) in [5.74, 6) is 1.87. The summed E-state index contributed by atoms with van der Waals surface area (Å²) in [7, 11) is 1.77. The summed E-state index contributed by atoms with van der Waals surface area (Å²) in [4.78, 5) is 14.1. The van der Waals surface area contributed by atoms with Crippen LogP contribution in [0, 0.1) is 20.8 Å². The second-order valence-electron chi connectivity index (χ2n) is 6.27. The topological polar surface area (TPSA) is 64.2 Å². The Bertz CT molecular complexity index is 902. The van der Waals surface area contributed by atoms with E-state index in [9.17, 15) is 4.79 Å². The molecule has 0 unspecified atom stereocenters. The van der Waals surface area contributed by atoms with Crippen LogP contribution in [0.1, 0.15) is 22.7 Å². The molecule has 0 aliphatic rings. The Labute approximate surface area is 157 Å². The maximum absolute atomic E-state index is 12.4. The van der Waals surface area contributed by atoms with Crippen molar-refractivity contribution in [1.82, 2.24) is 19.7 Å². The highest BCUT2D eigenvalue weighted by molar-refractivity contribution is 7.99. The standard InChI is InChI=1S/C19H22N4O2S/c1-13-7-8-14(2)17(10-13)23-15(3)20-21-19(23)26-12-18(24)22(4)11-16-6-5-9-25-16/h5-10H,11-12H2,1-4H3. The van der Waals surface area contributed by atoms with E-state index in [4.69, 9.17) is 4.42 Å². The predicted octanol–water partition coefficient (Wildman–Crippen LogP) is 3.54. The molecule has 0 bridgehead atoms. The lowest BCUT2D eigenvalue weighted by Crippen LogP contribution is -2.27.